The monoisotopic (exact) mass is 310 g/mol. The van der Waals surface area contributed by atoms with E-state index in [1.165, 1.54) is 0 Å². The minimum atomic E-state index is -0.960. The van der Waals surface area contributed by atoms with Crippen LogP contribution in [-0.2, 0) is 0 Å². The van der Waals surface area contributed by atoms with Gasteiger partial charge in [0.15, 0.2) is 5.69 Å². The number of benzene rings is 1. The Hall–Kier alpha value is -2.71. The van der Waals surface area contributed by atoms with Crippen LogP contribution in [0.3, 0.4) is 0 Å². The Morgan fingerprint density at radius 2 is 1.41 bits per heavy atom. The van der Waals surface area contributed by atoms with Crippen LogP contribution in [0.15, 0.2) is 12.1 Å². The summed E-state index contributed by atoms with van der Waals surface area (Å²) in [5.41, 5.74) is 3.69. The largest absolute Gasteiger partial charge is 0.366 e. The average molecular weight is 310 g/mol. The molecule has 0 bridgehead atoms. The van der Waals surface area contributed by atoms with Crippen molar-refractivity contribution in [2.45, 2.75) is 39.8 Å². The van der Waals surface area contributed by atoms with Crippen molar-refractivity contribution in [3.05, 3.63) is 37.9 Å². The number of carbonyl (C=O) groups excluding carboxylic acids is 1. The summed E-state index contributed by atoms with van der Waals surface area (Å²) < 4.78 is 0. The molecule has 0 aliphatic rings. The normalized spacial score (nSPS) is 10.8. The van der Waals surface area contributed by atoms with Crippen molar-refractivity contribution in [1.29, 1.82) is 0 Å². The third kappa shape index (κ3) is 3.30. The lowest BCUT2D eigenvalue weighted by Crippen LogP contribution is -2.38. The minimum Gasteiger partial charge on any atom is -0.366 e. The van der Waals surface area contributed by atoms with Crippen LogP contribution in [0.4, 0.5) is 17.1 Å². The minimum absolute atomic E-state index is 0.120. The fourth-order valence-electron chi connectivity index (χ4n) is 2.40. The molecule has 0 aromatic heterocycles. The second-order valence-electron chi connectivity index (χ2n) is 5.34. The van der Waals surface area contributed by atoms with Gasteiger partial charge >= 0.3 is 0 Å². The number of nitrogens with zero attached hydrogens (tertiary/aromatic N) is 3. The quantitative estimate of drug-likeness (QED) is 0.632. The van der Waals surface area contributed by atoms with Crippen LogP contribution in [0.5, 0.6) is 0 Å². The van der Waals surface area contributed by atoms with Crippen molar-refractivity contribution in [3.8, 4) is 0 Å². The summed E-state index contributed by atoms with van der Waals surface area (Å²) in [4.78, 5) is 34.0. The standard InChI is InChI=1S/C13H18N4O5/c1-7(2)15(8(3)4)12-10(16(19)20)5-9(13(14)18)6-11(12)17(21)22/h5-8H,1-4H3,(H2,14,18). The Labute approximate surface area is 127 Å². The molecule has 0 fully saturated rings. The lowest BCUT2D eigenvalue weighted by atomic mass is 10.1. The Morgan fingerprint density at radius 1 is 1.05 bits per heavy atom. The molecule has 2 N–H and O–H groups in total. The molecule has 120 valence electrons. The van der Waals surface area contributed by atoms with Gasteiger partial charge in [-0.2, -0.15) is 0 Å². The van der Waals surface area contributed by atoms with Crippen molar-refractivity contribution in [1.82, 2.24) is 0 Å². The maximum Gasteiger partial charge on any atom is 0.300 e. The van der Waals surface area contributed by atoms with Crippen LogP contribution in [0.1, 0.15) is 38.1 Å². The molecule has 22 heavy (non-hydrogen) atoms. The second-order valence-corrected chi connectivity index (χ2v) is 5.34. The van der Waals surface area contributed by atoms with Gasteiger partial charge in [-0.15, -0.1) is 0 Å². The average Bonchev–Trinajstić information content (AvgIpc) is 2.36. The molecule has 9 heteroatoms. The van der Waals surface area contributed by atoms with Crippen LogP contribution in [0, 0.1) is 20.2 Å². The van der Waals surface area contributed by atoms with Crippen molar-refractivity contribution >= 4 is 23.0 Å². The van der Waals surface area contributed by atoms with Crippen molar-refractivity contribution in [2.24, 2.45) is 5.73 Å². The van der Waals surface area contributed by atoms with Crippen molar-refractivity contribution < 1.29 is 14.6 Å². The highest BCUT2D eigenvalue weighted by Gasteiger charge is 2.34. The zero-order chi connectivity index (χ0) is 17.2. The number of carbonyl (C=O) groups is 1. The molecule has 0 saturated carbocycles. The molecule has 0 saturated heterocycles. The number of primary amides is 1. The Kier molecular flexibility index (Phi) is 5.02. The SMILES string of the molecule is CC(C)N(c1c([N+](=O)[O-])cc(C(N)=O)cc1[N+](=O)[O-])C(C)C. The second kappa shape index (κ2) is 6.37. The van der Waals surface area contributed by atoms with E-state index >= 15 is 0 Å². The third-order valence-corrected chi connectivity index (χ3v) is 3.12. The van der Waals surface area contributed by atoms with E-state index in [1.807, 2.05) is 0 Å². The molecule has 9 nitrogen and oxygen atoms in total. The first-order chi connectivity index (χ1) is 10.1. The first-order valence-electron chi connectivity index (χ1n) is 6.62. The predicted molar refractivity (Wildman–Crippen MR) is 81.0 cm³/mol. The molecule has 0 heterocycles. The van der Waals surface area contributed by atoms with Crippen LogP contribution in [-0.4, -0.2) is 27.8 Å². The summed E-state index contributed by atoms with van der Waals surface area (Å²) >= 11 is 0. The molecule has 0 spiro atoms. The van der Waals surface area contributed by atoms with Gasteiger partial charge < -0.3 is 10.6 Å². The smallest absolute Gasteiger partial charge is 0.300 e. The topological polar surface area (TPSA) is 133 Å². The number of nitro groups is 2. The molecule has 1 aromatic rings. The van der Waals surface area contributed by atoms with Gasteiger partial charge in [0.25, 0.3) is 11.4 Å². The molecular weight excluding hydrogens is 292 g/mol. The van der Waals surface area contributed by atoms with Crippen LogP contribution in [0.25, 0.3) is 0 Å². The Bertz CT molecular complexity index is 584. The van der Waals surface area contributed by atoms with Gasteiger partial charge in [0.1, 0.15) is 0 Å². The number of rotatable bonds is 6. The Balaban J connectivity index is 3.82. The zero-order valence-electron chi connectivity index (χ0n) is 12.8. The van der Waals surface area contributed by atoms with E-state index in [0.29, 0.717) is 0 Å². The number of anilines is 1. The van der Waals surface area contributed by atoms with E-state index in [4.69, 9.17) is 5.73 Å². The fourth-order valence-corrected chi connectivity index (χ4v) is 2.40. The Morgan fingerprint density at radius 3 is 1.64 bits per heavy atom. The van der Waals surface area contributed by atoms with Gasteiger partial charge in [0.2, 0.25) is 5.91 Å². The van der Waals surface area contributed by atoms with Crippen LogP contribution < -0.4 is 10.6 Å². The van der Waals surface area contributed by atoms with Gasteiger partial charge in [0.05, 0.1) is 15.4 Å². The first kappa shape index (κ1) is 17.3. The highest BCUT2D eigenvalue weighted by molar-refractivity contribution is 5.96. The maximum absolute atomic E-state index is 11.3. The molecule has 0 atom stereocenters. The van der Waals surface area contributed by atoms with E-state index in [0.717, 1.165) is 12.1 Å². The van der Waals surface area contributed by atoms with Crippen LogP contribution >= 0.6 is 0 Å². The lowest BCUT2D eigenvalue weighted by Gasteiger charge is -2.32. The number of amides is 1. The van der Waals surface area contributed by atoms with E-state index < -0.39 is 27.1 Å². The lowest BCUT2D eigenvalue weighted by molar-refractivity contribution is -0.392. The maximum atomic E-state index is 11.3. The van der Waals surface area contributed by atoms with Gasteiger partial charge in [-0.25, -0.2) is 0 Å². The summed E-state index contributed by atoms with van der Waals surface area (Å²) in [7, 11) is 0. The summed E-state index contributed by atoms with van der Waals surface area (Å²) in [5, 5.41) is 22.7. The highest BCUT2D eigenvalue weighted by atomic mass is 16.6. The molecule has 1 amide bonds. The molecule has 0 radical (unpaired) electrons. The summed E-state index contributed by atoms with van der Waals surface area (Å²) in [5.74, 6) is -0.960. The summed E-state index contributed by atoms with van der Waals surface area (Å²) in [6.45, 7) is 7.09. The zero-order valence-corrected chi connectivity index (χ0v) is 12.8. The first-order valence-corrected chi connectivity index (χ1v) is 6.62. The number of hydrogen-bond acceptors (Lipinski definition) is 6. The number of nitro benzene ring substituents is 2. The van der Waals surface area contributed by atoms with Crippen LogP contribution in [0.2, 0.25) is 0 Å². The van der Waals surface area contributed by atoms with Gasteiger partial charge in [-0.05, 0) is 27.7 Å². The van der Waals surface area contributed by atoms with Gasteiger partial charge in [-0.3, -0.25) is 25.0 Å². The molecule has 0 aliphatic carbocycles. The summed E-state index contributed by atoms with van der Waals surface area (Å²) in [6, 6.07) is 1.53. The van der Waals surface area contributed by atoms with Gasteiger partial charge in [0, 0.05) is 24.2 Å². The number of nitrogens with two attached hydrogens (primary N) is 1. The van der Waals surface area contributed by atoms with E-state index in [-0.39, 0.29) is 23.3 Å². The third-order valence-electron chi connectivity index (χ3n) is 3.12. The molecule has 1 rings (SSSR count). The number of hydrogen-bond donors (Lipinski definition) is 1. The fraction of sp³-hybridized carbons (Fsp3) is 0.462. The summed E-state index contributed by atoms with van der Waals surface area (Å²) in [6.07, 6.45) is 0. The molecular formula is C13H18N4O5. The van der Waals surface area contributed by atoms with E-state index in [1.54, 1.807) is 32.6 Å². The van der Waals surface area contributed by atoms with Gasteiger partial charge in [-0.1, -0.05) is 0 Å². The molecule has 1 aromatic carbocycles. The highest BCUT2D eigenvalue weighted by Crippen LogP contribution is 2.40. The molecule has 0 aliphatic heterocycles. The molecule has 0 unspecified atom stereocenters. The van der Waals surface area contributed by atoms with Crippen molar-refractivity contribution in [2.75, 3.05) is 4.90 Å². The predicted octanol–water partition coefficient (Wildman–Crippen LogP) is 2.23. The van der Waals surface area contributed by atoms with Crippen molar-refractivity contribution in [3.63, 3.8) is 0 Å². The van der Waals surface area contributed by atoms with E-state index in [9.17, 15) is 25.0 Å². The van der Waals surface area contributed by atoms with E-state index in [2.05, 4.69) is 0 Å².